The van der Waals surface area contributed by atoms with Crippen molar-refractivity contribution in [3.63, 3.8) is 0 Å². The second-order valence-electron chi connectivity index (χ2n) is 10.0. The van der Waals surface area contributed by atoms with Gasteiger partial charge in [-0.2, -0.15) is 4.31 Å². The van der Waals surface area contributed by atoms with Crippen LogP contribution in [0.3, 0.4) is 0 Å². The molecule has 1 amide bonds. The van der Waals surface area contributed by atoms with Crippen molar-refractivity contribution < 1.29 is 22.7 Å². The predicted octanol–water partition coefficient (Wildman–Crippen LogP) is 4.49. The van der Waals surface area contributed by atoms with E-state index in [1.165, 1.54) is 21.8 Å². The van der Waals surface area contributed by atoms with Gasteiger partial charge in [0.05, 0.1) is 17.2 Å². The number of carbonyl (C=O) groups is 1. The number of aryl methyl sites for hydroxylation is 1. The summed E-state index contributed by atoms with van der Waals surface area (Å²) >= 11 is 0. The van der Waals surface area contributed by atoms with Gasteiger partial charge in [0.2, 0.25) is 15.9 Å². The first-order chi connectivity index (χ1) is 18.1. The summed E-state index contributed by atoms with van der Waals surface area (Å²) in [6.45, 7) is 4.06. The van der Waals surface area contributed by atoms with Crippen molar-refractivity contribution in [1.29, 1.82) is 0 Å². The van der Waals surface area contributed by atoms with Gasteiger partial charge in [-0.05, 0) is 59.7 Å². The molecule has 0 saturated heterocycles. The van der Waals surface area contributed by atoms with E-state index in [4.69, 9.17) is 5.73 Å². The Morgan fingerprint density at radius 1 is 1.05 bits per heavy atom. The number of benzene rings is 3. The van der Waals surface area contributed by atoms with Crippen molar-refractivity contribution in [3.8, 4) is 0 Å². The molecule has 0 spiro atoms. The minimum Gasteiger partial charge on any atom is -0.396 e. The molecule has 0 aliphatic heterocycles. The molecule has 3 rings (SSSR count). The molecule has 0 aliphatic rings. The van der Waals surface area contributed by atoms with Crippen LogP contribution in [0.4, 0.5) is 10.1 Å². The van der Waals surface area contributed by atoms with Gasteiger partial charge in [0.15, 0.2) is 0 Å². The average Bonchev–Trinajstić information content (AvgIpc) is 2.89. The number of anilines is 1. The molecule has 0 saturated carbocycles. The molecule has 3 aromatic rings. The summed E-state index contributed by atoms with van der Waals surface area (Å²) in [5.41, 5.74) is 6.49. The minimum atomic E-state index is -4.04. The van der Waals surface area contributed by atoms with Crippen molar-refractivity contribution in [3.05, 3.63) is 72.0 Å². The van der Waals surface area contributed by atoms with Crippen LogP contribution in [0.1, 0.15) is 45.1 Å². The predicted molar refractivity (Wildman–Crippen MR) is 150 cm³/mol. The van der Waals surface area contributed by atoms with E-state index in [0.717, 1.165) is 17.0 Å². The molecular formula is C29H38FN3O4S. The topological polar surface area (TPSA) is 113 Å². The van der Waals surface area contributed by atoms with E-state index in [0.29, 0.717) is 38.6 Å². The summed E-state index contributed by atoms with van der Waals surface area (Å²) in [6.07, 6.45) is 2.70. The molecule has 38 heavy (non-hydrogen) atoms. The number of rotatable bonds is 14. The van der Waals surface area contributed by atoms with Crippen LogP contribution in [0.2, 0.25) is 0 Å². The SMILES string of the molecule is CC(C)CN([C@H](CO)CCCCNC(=O)CCc1ccc2ccccc2c1)S(=O)(=O)c1ccc(N)c(F)c1. The number of nitrogens with one attached hydrogen (secondary N) is 1. The van der Waals surface area contributed by atoms with Crippen LogP contribution < -0.4 is 11.1 Å². The van der Waals surface area contributed by atoms with Gasteiger partial charge in [-0.25, -0.2) is 12.8 Å². The maximum atomic E-state index is 14.0. The third-order valence-corrected chi connectivity index (χ3v) is 8.40. The lowest BCUT2D eigenvalue weighted by atomic mass is 10.0. The lowest BCUT2D eigenvalue weighted by Gasteiger charge is -2.31. The third kappa shape index (κ3) is 7.99. The molecule has 0 heterocycles. The maximum absolute atomic E-state index is 14.0. The number of hydrogen-bond donors (Lipinski definition) is 3. The largest absolute Gasteiger partial charge is 0.396 e. The Labute approximate surface area is 224 Å². The monoisotopic (exact) mass is 543 g/mol. The summed E-state index contributed by atoms with van der Waals surface area (Å²) in [7, 11) is -4.04. The number of amides is 1. The van der Waals surface area contributed by atoms with Crippen LogP contribution in [0.15, 0.2) is 65.6 Å². The standard InChI is InChI=1S/C29H38FN3O4S/c1-21(2)19-33(38(36,37)26-13-14-28(31)27(30)18-26)25(20-34)9-5-6-16-32-29(35)15-11-22-10-12-23-7-3-4-8-24(23)17-22/h3-4,7-8,10,12-14,17-18,21,25,34H,5-6,9,11,15-16,19-20,31H2,1-2H3,(H,32,35)/t25-/m0/s1. The van der Waals surface area contributed by atoms with Crippen LogP contribution in [0.5, 0.6) is 0 Å². The Hall–Kier alpha value is -3.01. The van der Waals surface area contributed by atoms with Crippen molar-refractivity contribution in [2.24, 2.45) is 5.92 Å². The number of nitrogens with two attached hydrogens (primary N) is 1. The number of aliphatic hydroxyl groups excluding tert-OH is 1. The molecule has 9 heteroatoms. The first kappa shape index (κ1) is 29.5. The summed E-state index contributed by atoms with van der Waals surface area (Å²) in [4.78, 5) is 12.1. The van der Waals surface area contributed by atoms with Gasteiger partial charge in [-0.3, -0.25) is 4.79 Å². The van der Waals surface area contributed by atoms with Crippen LogP contribution in [0, 0.1) is 11.7 Å². The number of carbonyl (C=O) groups excluding carboxylic acids is 1. The second kappa shape index (κ2) is 13.7. The van der Waals surface area contributed by atoms with Gasteiger partial charge < -0.3 is 16.2 Å². The first-order valence-electron chi connectivity index (χ1n) is 13.0. The molecule has 3 aromatic carbocycles. The Balaban J connectivity index is 1.49. The Morgan fingerprint density at radius 3 is 2.47 bits per heavy atom. The third-order valence-electron chi connectivity index (χ3n) is 6.48. The summed E-state index contributed by atoms with van der Waals surface area (Å²) in [6, 6.07) is 17.1. The van der Waals surface area contributed by atoms with Gasteiger partial charge >= 0.3 is 0 Å². The lowest BCUT2D eigenvalue weighted by Crippen LogP contribution is -2.44. The molecule has 7 nitrogen and oxygen atoms in total. The number of hydrogen-bond acceptors (Lipinski definition) is 5. The molecule has 0 bridgehead atoms. The minimum absolute atomic E-state index is 0.000606. The highest BCUT2D eigenvalue weighted by Gasteiger charge is 2.32. The summed E-state index contributed by atoms with van der Waals surface area (Å²) < 4.78 is 41.9. The quantitative estimate of drug-likeness (QED) is 0.205. The number of halogens is 1. The molecule has 0 aliphatic carbocycles. The van der Waals surface area contributed by atoms with E-state index in [-0.39, 0.29) is 35.6 Å². The van der Waals surface area contributed by atoms with Gasteiger partial charge in [-0.15, -0.1) is 0 Å². The molecule has 0 radical (unpaired) electrons. The molecule has 206 valence electrons. The Bertz CT molecular complexity index is 1330. The van der Waals surface area contributed by atoms with Crippen molar-refractivity contribution in [2.75, 3.05) is 25.4 Å². The van der Waals surface area contributed by atoms with Gasteiger partial charge in [-0.1, -0.05) is 62.7 Å². The zero-order chi connectivity index (χ0) is 27.7. The fraction of sp³-hybridized carbons (Fsp3) is 0.414. The van der Waals surface area contributed by atoms with Crippen LogP contribution in [-0.2, 0) is 21.2 Å². The van der Waals surface area contributed by atoms with E-state index >= 15 is 0 Å². The number of nitrogen functional groups attached to an aromatic ring is 1. The maximum Gasteiger partial charge on any atom is 0.243 e. The van der Waals surface area contributed by atoms with Crippen molar-refractivity contribution >= 4 is 32.4 Å². The highest BCUT2D eigenvalue weighted by atomic mass is 32.2. The summed E-state index contributed by atoms with van der Waals surface area (Å²) in [5, 5.41) is 15.3. The van der Waals surface area contributed by atoms with Crippen LogP contribution >= 0.6 is 0 Å². The second-order valence-corrected chi connectivity index (χ2v) is 11.9. The van der Waals surface area contributed by atoms with E-state index in [2.05, 4.69) is 29.6 Å². The fourth-order valence-electron chi connectivity index (χ4n) is 4.41. The Kier molecular flexibility index (Phi) is 10.6. The van der Waals surface area contributed by atoms with E-state index < -0.39 is 21.9 Å². The zero-order valence-corrected chi connectivity index (χ0v) is 22.9. The van der Waals surface area contributed by atoms with Gasteiger partial charge in [0.1, 0.15) is 5.82 Å². The van der Waals surface area contributed by atoms with Crippen LogP contribution in [0.25, 0.3) is 10.8 Å². The zero-order valence-electron chi connectivity index (χ0n) is 22.1. The molecule has 4 N–H and O–H groups in total. The number of unbranched alkanes of at least 4 members (excludes halogenated alkanes) is 1. The molecule has 1 atom stereocenters. The van der Waals surface area contributed by atoms with E-state index in [1.54, 1.807) is 0 Å². The highest BCUT2D eigenvalue weighted by molar-refractivity contribution is 7.89. The summed E-state index contributed by atoms with van der Waals surface area (Å²) in [5.74, 6) is -0.835. The molecule has 0 aromatic heterocycles. The number of aliphatic hydroxyl groups is 1. The lowest BCUT2D eigenvalue weighted by molar-refractivity contribution is -0.121. The van der Waals surface area contributed by atoms with Crippen molar-refractivity contribution in [1.82, 2.24) is 9.62 Å². The molecule has 0 unspecified atom stereocenters. The Morgan fingerprint density at radius 2 is 1.79 bits per heavy atom. The molecular weight excluding hydrogens is 505 g/mol. The van der Waals surface area contributed by atoms with Gasteiger partial charge in [0, 0.05) is 25.6 Å². The van der Waals surface area contributed by atoms with Gasteiger partial charge in [0.25, 0.3) is 0 Å². The normalized spacial score (nSPS) is 12.8. The fourth-order valence-corrected chi connectivity index (χ4v) is 6.23. The first-order valence-corrected chi connectivity index (χ1v) is 14.5. The number of fused-ring (bicyclic) bond motifs is 1. The van der Waals surface area contributed by atoms with E-state index in [1.807, 2.05) is 32.0 Å². The van der Waals surface area contributed by atoms with Crippen molar-refractivity contribution in [2.45, 2.75) is 56.9 Å². The number of sulfonamides is 1. The smallest absolute Gasteiger partial charge is 0.243 e. The van der Waals surface area contributed by atoms with E-state index in [9.17, 15) is 22.7 Å². The highest BCUT2D eigenvalue weighted by Crippen LogP contribution is 2.25. The van der Waals surface area contributed by atoms with Crippen LogP contribution in [-0.4, -0.2) is 49.5 Å². The molecule has 0 fully saturated rings. The average molecular weight is 544 g/mol. The number of nitrogens with zero attached hydrogens (tertiary/aromatic N) is 1.